The summed E-state index contributed by atoms with van der Waals surface area (Å²) in [5.41, 5.74) is 1.35. The van der Waals surface area contributed by atoms with Crippen LogP contribution >= 0.6 is 11.6 Å². The fourth-order valence-corrected chi connectivity index (χ4v) is 2.09. The number of aromatic hydroxyl groups is 1. The Balaban J connectivity index is 2.53. The second kappa shape index (κ2) is 3.74. The fourth-order valence-electron chi connectivity index (χ4n) is 1.80. The average Bonchev–Trinajstić information content (AvgIpc) is 2.57. The van der Waals surface area contributed by atoms with Gasteiger partial charge in [-0.15, -0.1) is 0 Å². The molecule has 1 aromatic rings. The maximum absolute atomic E-state index is 10.4. The van der Waals surface area contributed by atoms with Crippen molar-refractivity contribution in [3.05, 3.63) is 22.2 Å². The summed E-state index contributed by atoms with van der Waals surface area (Å²) >= 11 is 6.04. The third kappa shape index (κ3) is 1.67. The highest BCUT2D eigenvalue weighted by atomic mass is 35.5. The van der Waals surface area contributed by atoms with Gasteiger partial charge in [0.05, 0.1) is 0 Å². The Hall–Kier alpha value is -1.22. The summed E-state index contributed by atoms with van der Waals surface area (Å²) < 4.78 is 5.46. The second-order valence-corrected chi connectivity index (χ2v) is 4.08. The predicted molar refractivity (Wildman–Crippen MR) is 56.7 cm³/mol. The molecule has 1 unspecified atom stereocenters. The minimum absolute atomic E-state index is 0.0230. The summed E-state index contributed by atoms with van der Waals surface area (Å²) in [4.78, 5) is 10.4. The topological polar surface area (TPSA) is 46.5 Å². The van der Waals surface area contributed by atoms with Crippen LogP contribution in [0.2, 0.25) is 5.02 Å². The minimum Gasteiger partial charge on any atom is -0.504 e. The number of fused-ring (bicyclic) bond motifs is 1. The number of phenolic OH excluding ortho intramolecular Hbond substituents is 1. The van der Waals surface area contributed by atoms with Crippen LogP contribution in [0.1, 0.15) is 18.1 Å². The number of carbonyl (C=O) groups is 1. The molecule has 0 fully saturated rings. The van der Waals surface area contributed by atoms with Gasteiger partial charge in [0.2, 0.25) is 0 Å². The van der Waals surface area contributed by atoms with Gasteiger partial charge in [-0.2, -0.15) is 0 Å². The first-order chi connectivity index (χ1) is 7.13. The van der Waals surface area contributed by atoms with Crippen molar-refractivity contribution in [3.8, 4) is 11.5 Å². The van der Waals surface area contributed by atoms with Crippen LogP contribution in [0.4, 0.5) is 0 Å². The number of hydrogen-bond donors (Lipinski definition) is 1. The molecule has 1 N–H and O–H groups in total. The molecule has 0 aromatic heterocycles. The van der Waals surface area contributed by atoms with E-state index in [1.807, 2.05) is 6.92 Å². The van der Waals surface area contributed by atoms with E-state index in [1.54, 1.807) is 6.07 Å². The van der Waals surface area contributed by atoms with Gasteiger partial charge >= 0.3 is 0 Å². The monoisotopic (exact) mass is 226 g/mol. The highest BCUT2D eigenvalue weighted by Crippen LogP contribution is 2.43. The number of carbonyl (C=O) groups excluding carboxylic acids is 1. The Morgan fingerprint density at radius 2 is 2.47 bits per heavy atom. The number of hydrogen-bond acceptors (Lipinski definition) is 3. The number of aldehydes is 1. The van der Waals surface area contributed by atoms with Crippen molar-refractivity contribution in [2.75, 3.05) is 0 Å². The van der Waals surface area contributed by atoms with Crippen molar-refractivity contribution >= 4 is 17.9 Å². The second-order valence-electron chi connectivity index (χ2n) is 3.68. The molecule has 0 saturated heterocycles. The van der Waals surface area contributed by atoms with Crippen LogP contribution in [0, 0.1) is 0 Å². The van der Waals surface area contributed by atoms with Gasteiger partial charge in [0, 0.05) is 29.0 Å². The van der Waals surface area contributed by atoms with E-state index in [2.05, 4.69) is 0 Å². The summed E-state index contributed by atoms with van der Waals surface area (Å²) in [7, 11) is 0. The van der Waals surface area contributed by atoms with E-state index >= 15 is 0 Å². The van der Waals surface area contributed by atoms with Crippen molar-refractivity contribution < 1.29 is 14.6 Å². The van der Waals surface area contributed by atoms with Crippen LogP contribution in [0.3, 0.4) is 0 Å². The summed E-state index contributed by atoms with van der Waals surface area (Å²) in [6.07, 6.45) is 1.60. The first kappa shape index (κ1) is 10.3. The molecule has 0 spiro atoms. The molecule has 0 radical (unpaired) electrons. The summed E-state index contributed by atoms with van der Waals surface area (Å²) in [6, 6.07) is 1.63. The molecular formula is C11H11ClO3. The first-order valence-corrected chi connectivity index (χ1v) is 5.14. The van der Waals surface area contributed by atoms with E-state index in [0.717, 1.165) is 11.8 Å². The third-order valence-corrected chi connectivity index (χ3v) is 2.83. The molecule has 0 bridgehead atoms. The highest BCUT2D eigenvalue weighted by molar-refractivity contribution is 6.31. The zero-order valence-electron chi connectivity index (χ0n) is 8.29. The quantitative estimate of drug-likeness (QED) is 0.786. The van der Waals surface area contributed by atoms with Crippen molar-refractivity contribution in [2.45, 2.75) is 25.9 Å². The molecule has 15 heavy (non-hydrogen) atoms. The minimum atomic E-state index is 0.0230. The Morgan fingerprint density at radius 3 is 3.13 bits per heavy atom. The third-order valence-electron chi connectivity index (χ3n) is 2.50. The molecule has 1 heterocycles. The lowest BCUT2D eigenvalue weighted by Gasteiger charge is -2.08. The van der Waals surface area contributed by atoms with Crippen LogP contribution in [0.25, 0.3) is 0 Å². The number of benzene rings is 1. The SMILES string of the molecule is CC1Cc2c(Cl)cc(CC=O)c(O)c2O1. The molecule has 0 amide bonds. The maximum atomic E-state index is 10.4. The summed E-state index contributed by atoms with van der Waals surface area (Å²) in [5.74, 6) is 0.484. The highest BCUT2D eigenvalue weighted by Gasteiger charge is 2.26. The molecule has 3 nitrogen and oxygen atoms in total. The molecule has 1 aliphatic heterocycles. The zero-order chi connectivity index (χ0) is 11.0. The fraction of sp³-hybridized carbons (Fsp3) is 0.364. The van der Waals surface area contributed by atoms with E-state index < -0.39 is 0 Å². The van der Waals surface area contributed by atoms with Crippen LogP contribution < -0.4 is 4.74 Å². The van der Waals surface area contributed by atoms with Crippen LogP contribution in [0.5, 0.6) is 11.5 Å². The lowest BCUT2D eigenvalue weighted by molar-refractivity contribution is -0.107. The van der Waals surface area contributed by atoms with Gasteiger partial charge in [-0.25, -0.2) is 0 Å². The Kier molecular flexibility index (Phi) is 2.57. The molecule has 1 aromatic carbocycles. The van der Waals surface area contributed by atoms with E-state index in [4.69, 9.17) is 16.3 Å². The van der Waals surface area contributed by atoms with Crippen molar-refractivity contribution in [1.82, 2.24) is 0 Å². The largest absolute Gasteiger partial charge is 0.504 e. The summed E-state index contributed by atoms with van der Waals surface area (Å²) in [5, 5.41) is 10.4. The predicted octanol–water partition coefficient (Wildman–Crippen LogP) is 2.11. The lowest BCUT2D eigenvalue weighted by Crippen LogP contribution is -2.05. The molecule has 0 saturated carbocycles. The van der Waals surface area contributed by atoms with Gasteiger partial charge in [-0.05, 0) is 13.0 Å². The van der Waals surface area contributed by atoms with Gasteiger partial charge in [0.25, 0.3) is 0 Å². The number of ether oxygens (including phenoxy) is 1. The molecule has 0 aliphatic carbocycles. The number of halogens is 1. The molecule has 2 rings (SSSR count). The van der Waals surface area contributed by atoms with Gasteiger partial charge in [-0.1, -0.05) is 11.6 Å². The van der Waals surface area contributed by atoms with Gasteiger partial charge < -0.3 is 14.6 Å². The maximum Gasteiger partial charge on any atom is 0.166 e. The molecule has 80 valence electrons. The normalized spacial score (nSPS) is 18.4. The summed E-state index contributed by atoms with van der Waals surface area (Å²) in [6.45, 7) is 1.91. The first-order valence-electron chi connectivity index (χ1n) is 4.77. The van der Waals surface area contributed by atoms with Crippen LogP contribution in [-0.2, 0) is 17.6 Å². The van der Waals surface area contributed by atoms with Crippen LogP contribution in [-0.4, -0.2) is 17.5 Å². The average molecular weight is 227 g/mol. The standard InChI is InChI=1S/C11H11ClO3/c1-6-4-8-9(12)5-7(2-3-13)10(14)11(8)15-6/h3,5-6,14H,2,4H2,1H3. The van der Waals surface area contributed by atoms with E-state index in [9.17, 15) is 9.90 Å². The Labute approximate surface area is 92.6 Å². The van der Waals surface area contributed by atoms with E-state index in [-0.39, 0.29) is 18.3 Å². The zero-order valence-corrected chi connectivity index (χ0v) is 9.04. The van der Waals surface area contributed by atoms with Crippen molar-refractivity contribution in [2.24, 2.45) is 0 Å². The van der Waals surface area contributed by atoms with Gasteiger partial charge in [0.1, 0.15) is 12.4 Å². The number of phenols is 1. The Bertz CT molecular complexity index is 415. The van der Waals surface area contributed by atoms with Crippen molar-refractivity contribution in [3.63, 3.8) is 0 Å². The van der Waals surface area contributed by atoms with E-state index in [0.29, 0.717) is 22.8 Å². The molecule has 1 aliphatic rings. The smallest absolute Gasteiger partial charge is 0.166 e. The van der Waals surface area contributed by atoms with E-state index in [1.165, 1.54) is 0 Å². The molecular weight excluding hydrogens is 216 g/mol. The number of rotatable bonds is 2. The molecule has 4 heteroatoms. The molecule has 1 atom stereocenters. The van der Waals surface area contributed by atoms with Gasteiger partial charge in [-0.3, -0.25) is 0 Å². The van der Waals surface area contributed by atoms with Crippen LogP contribution in [0.15, 0.2) is 6.07 Å². The van der Waals surface area contributed by atoms with Gasteiger partial charge in [0.15, 0.2) is 11.5 Å². The van der Waals surface area contributed by atoms with Crippen molar-refractivity contribution in [1.29, 1.82) is 0 Å². The Morgan fingerprint density at radius 1 is 1.73 bits per heavy atom. The lowest BCUT2D eigenvalue weighted by atomic mass is 10.0.